The van der Waals surface area contributed by atoms with E-state index in [0.717, 1.165) is 18.4 Å². The molecular weight excluding hydrogens is 411 g/mol. The predicted molar refractivity (Wildman–Crippen MR) is 106 cm³/mol. The zero-order valence-electron chi connectivity index (χ0n) is 17.4. The molecule has 0 radical (unpaired) electrons. The molecule has 8 nitrogen and oxygen atoms in total. The lowest BCUT2D eigenvalue weighted by Gasteiger charge is -2.60. The number of aliphatic hydroxyl groups is 2. The number of allylic oxidation sites excluding steroid dienone is 1. The van der Waals surface area contributed by atoms with Crippen LogP contribution in [0.1, 0.15) is 58.8 Å². The van der Waals surface area contributed by atoms with Gasteiger partial charge < -0.3 is 20.0 Å². The van der Waals surface area contributed by atoms with Crippen molar-refractivity contribution in [2.75, 3.05) is 6.61 Å². The van der Waals surface area contributed by atoms with E-state index in [0.29, 0.717) is 19.3 Å². The second-order valence-corrected chi connectivity index (χ2v) is 11.4. The Morgan fingerprint density at radius 1 is 1.23 bits per heavy atom. The summed E-state index contributed by atoms with van der Waals surface area (Å²) in [7, 11) is -4.83. The van der Waals surface area contributed by atoms with Gasteiger partial charge in [-0.25, -0.2) is 4.57 Å². The van der Waals surface area contributed by atoms with E-state index in [1.165, 1.54) is 0 Å². The molecule has 0 saturated heterocycles. The van der Waals surface area contributed by atoms with Gasteiger partial charge in [-0.1, -0.05) is 19.4 Å². The van der Waals surface area contributed by atoms with Crippen LogP contribution in [0.15, 0.2) is 11.6 Å². The Balaban J connectivity index is 1.64. The molecule has 0 bridgehead atoms. The molecular formula is C21H31O8P. The van der Waals surface area contributed by atoms with E-state index >= 15 is 0 Å². The topological polar surface area (TPSA) is 141 Å². The maximum atomic E-state index is 12.8. The fraction of sp³-hybridized carbons (Fsp3) is 0.810. The summed E-state index contributed by atoms with van der Waals surface area (Å²) in [6, 6.07) is 0. The van der Waals surface area contributed by atoms with Crippen molar-refractivity contribution in [2.24, 2.45) is 28.6 Å². The average Bonchev–Trinajstić information content (AvgIpc) is 2.91. The largest absolute Gasteiger partial charge is 0.470 e. The quantitative estimate of drug-likeness (QED) is 0.484. The summed E-state index contributed by atoms with van der Waals surface area (Å²) in [4.78, 5) is 42.6. The highest BCUT2D eigenvalue weighted by molar-refractivity contribution is 7.46. The summed E-state index contributed by atoms with van der Waals surface area (Å²) in [6.45, 7) is 3.09. The first kappa shape index (κ1) is 22.3. The van der Waals surface area contributed by atoms with Crippen molar-refractivity contribution < 1.29 is 38.7 Å². The van der Waals surface area contributed by atoms with Crippen LogP contribution >= 0.6 is 7.82 Å². The lowest BCUT2D eigenvalue weighted by molar-refractivity contribution is -0.182. The summed E-state index contributed by atoms with van der Waals surface area (Å²) in [5.41, 5.74) is -1.84. The summed E-state index contributed by atoms with van der Waals surface area (Å²) < 4.78 is 15.4. The summed E-state index contributed by atoms with van der Waals surface area (Å²) in [5, 5.41) is 22.7. The highest BCUT2D eigenvalue weighted by atomic mass is 31.2. The van der Waals surface area contributed by atoms with Gasteiger partial charge in [0.25, 0.3) is 0 Å². The van der Waals surface area contributed by atoms with E-state index in [4.69, 9.17) is 9.79 Å². The molecule has 4 N–H and O–H groups in total. The van der Waals surface area contributed by atoms with Gasteiger partial charge in [-0.3, -0.25) is 14.1 Å². The van der Waals surface area contributed by atoms with Crippen LogP contribution in [0.25, 0.3) is 0 Å². The molecule has 0 aromatic heterocycles. The molecule has 3 saturated carbocycles. The molecule has 3 fully saturated rings. The van der Waals surface area contributed by atoms with Crippen LogP contribution in [0.3, 0.4) is 0 Å². The van der Waals surface area contributed by atoms with E-state index in [2.05, 4.69) is 11.4 Å². The minimum atomic E-state index is -4.83. The standard InChI is InChI=1S/C21H31O8P/c1-19-7-5-13(22)9-12(19)3-4-14-15-6-8-21(25,17(24)11-29-30(26,27)28)20(15,2)10-16(23)18(14)19/h9,14-16,18,23,25H,3-8,10-11H2,1-2H3,(H2,26,27,28)/t14?,15?,16-,18?,19-,20-,21+/m0/s1. The number of ketones is 2. The number of carbonyl (C=O) groups is 2. The van der Waals surface area contributed by atoms with Crippen molar-refractivity contribution in [1.82, 2.24) is 0 Å². The zero-order valence-corrected chi connectivity index (χ0v) is 18.3. The zero-order chi connectivity index (χ0) is 22.1. The van der Waals surface area contributed by atoms with Gasteiger partial charge in [-0.2, -0.15) is 0 Å². The lowest BCUT2D eigenvalue weighted by Crippen LogP contribution is -2.62. The Morgan fingerprint density at radius 3 is 2.60 bits per heavy atom. The molecule has 3 unspecified atom stereocenters. The average molecular weight is 442 g/mol. The molecule has 30 heavy (non-hydrogen) atoms. The van der Waals surface area contributed by atoms with Crippen LogP contribution in [-0.4, -0.2) is 49.9 Å². The molecule has 4 aliphatic rings. The highest BCUT2D eigenvalue weighted by Crippen LogP contribution is 2.67. The fourth-order valence-electron chi connectivity index (χ4n) is 7.41. The molecule has 168 valence electrons. The van der Waals surface area contributed by atoms with Gasteiger partial charge in [0.2, 0.25) is 0 Å². The van der Waals surface area contributed by atoms with Crippen LogP contribution in [0, 0.1) is 28.6 Å². The minimum Gasteiger partial charge on any atom is -0.393 e. The monoisotopic (exact) mass is 442 g/mol. The van der Waals surface area contributed by atoms with E-state index < -0.39 is 37.3 Å². The van der Waals surface area contributed by atoms with Crippen molar-refractivity contribution in [3.63, 3.8) is 0 Å². The molecule has 9 heteroatoms. The Kier molecular flexibility index (Phi) is 5.25. The summed E-state index contributed by atoms with van der Waals surface area (Å²) in [5.74, 6) is -0.522. The van der Waals surface area contributed by atoms with E-state index in [1.807, 2.05) is 6.92 Å². The Bertz CT molecular complexity index is 848. The van der Waals surface area contributed by atoms with Crippen LogP contribution < -0.4 is 0 Å². The van der Waals surface area contributed by atoms with E-state index in [9.17, 15) is 24.4 Å². The maximum absolute atomic E-state index is 12.8. The first-order valence-corrected chi connectivity index (χ1v) is 12.2. The number of Topliss-reactive ketones (excluding diaryl/α,β-unsaturated/α-hetero) is 1. The van der Waals surface area contributed by atoms with Crippen molar-refractivity contribution >= 4 is 19.4 Å². The third-order valence-corrected chi connectivity index (χ3v) is 9.34. The molecule has 0 amide bonds. The number of aliphatic hydroxyl groups excluding tert-OH is 1. The number of carbonyl (C=O) groups excluding carboxylic acids is 2. The van der Waals surface area contributed by atoms with Crippen molar-refractivity contribution in [3.05, 3.63) is 11.6 Å². The Hall–Kier alpha value is -0.890. The van der Waals surface area contributed by atoms with Crippen LogP contribution in [-0.2, 0) is 18.7 Å². The lowest BCUT2D eigenvalue weighted by atomic mass is 9.45. The van der Waals surface area contributed by atoms with E-state index in [-0.39, 0.29) is 41.8 Å². The fourth-order valence-corrected chi connectivity index (χ4v) is 7.70. The Labute approximate surface area is 175 Å². The Morgan fingerprint density at radius 2 is 1.93 bits per heavy atom. The van der Waals surface area contributed by atoms with Gasteiger partial charge in [0.15, 0.2) is 11.6 Å². The second kappa shape index (κ2) is 7.06. The third-order valence-electron chi connectivity index (χ3n) is 8.87. The number of phosphoric ester groups is 1. The first-order valence-electron chi connectivity index (χ1n) is 10.7. The number of phosphoric acid groups is 1. The van der Waals surface area contributed by atoms with Gasteiger partial charge in [0, 0.05) is 11.8 Å². The first-order chi connectivity index (χ1) is 13.8. The molecule has 0 aliphatic heterocycles. The van der Waals surface area contributed by atoms with Gasteiger partial charge in [-0.05, 0) is 67.8 Å². The van der Waals surface area contributed by atoms with Gasteiger partial charge in [-0.15, -0.1) is 0 Å². The van der Waals surface area contributed by atoms with Crippen molar-refractivity contribution in [1.29, 1.82) is 0 Å². The predicted octanol–water partition coefficient (Wildman–Crippen LogP) is 1.90. The SMILES string of the molecule is C[C@]12CCC(=O)C=C1CCC1C2[C@@H](O)C[C@@]2(C)C1CC[C@@]2(O)C(=O)COP(=O)(O)O. The number of hydrogen-bond donors (Lipinski definition) is 4. The normalized spacial score (nSPS) is 45.9. The number of hydrogen-bond acceptors (Lipinski definition) is 6. The maximum Gasteiger partial charge on any atom is 0.470 e. The second-order valence-electron chi connectivity index (χ2n) is 10.2. The highest BCUT2D eigenvalue weighted by Gasteiger charge is 2.68. The molecule has 0 aromatic carbocycles. The molecule has 0 aromatic rings. The number of rotatable bonds is 4. The summed E-state index contributed by atoms with van der Waals surface area (Å²) >= 11 is 0. The third kappa shape index (κ3) is 3.19. The van der Waals surface area contributed by atoms with Crippen molar-refractivity contribution in [3.8, 4) is 0 Å². The molecule has 0 spiro atoms. The smallest absolute Gasteiger partial charge is 0.393 e. The van der Waals surface area contributed by atoms with Gasteiger partial charge in [0.1, 0.15) is 12.2 Å². The molecule has 4 rings (SSSR count). The minimum absolute atomic E-state index is 0.00547. The molecule has 4 aliphatic carbocycles. The van der Waals surface area contributed by atoms with Crippen LogP contribution in [0.5, 0.6) is 0 Å². The summed E-state index contributed by atoms with van der Waals surface area (Å²) in [6.07, 6.45) is 4.79. The van der Waals surface area contributed by atoms with Gasteiger partial charge >= 0.3 is 7.82 Å². The van der Waals surface area contributed by atoms with Crippen molar-refractivity contribution in [2.45, 2.75) is 70.5 Å². The van der Waals surface area contributed by atoms with Gasteiger partial charge in [0.05, 0.1) is 6.10 Å². The number of fused-ring (bicyclic) bond motifs is 5. The van der Waals surface area contributed by atoms with Crippen LogP contribution in [0.2, 0.25) is 0 Å². The molecule has 0 heterocycles. The van der Waals surface area contributed by atoms with Crippen LogP contribution in [0.4, 0.5) is 0 Å². The van der Waals surface area contributed by atoms with E-state index in [1.54, 1.807) is 6.08 Å². The molecule has 7 atom stereocenters.